The van der Waals surface area contributed by atoms with Crippen molar-refractivity contribution in [3.8, 4) is 0 Å². The van der Waals surface area contributed by atoms with Gasteiger partial charge in [-0.2, -0.15) is 0 Å². The molecule has 3 aliphatic rings. The van der Waals surface area contributed by atoms with Gasteiger partial charge in [-0.05, 0) is 24.0 Å². The Morgan fingerprint density at radius 3 is 2.65 bits per heavy atom. The van der Waals surface area contributed by atoms with Gasteiger partial charge in [0.15, 0.2) is 0 Å². The zero-order chi connectivity index (χ0) is 13.5. The number of hydrogen-bond acceptors (Lipinski definition) is 3. The first-order chi connectivity index (χ1) is 9.81. The van der Waals surface area contributed by atoms with E-state index in [1.54, 1.807) is 0 Å². The van der Waals surface area contributed by atoms with Gasteiger partial charge in [-0.25, -0.2) is 0 Å². The molecule has 4 atom stereocenters. The lowest BCUT2D eigenvalue weighted by Gasteiger charge is -2.38. The van der Waals surface area contributed by atoms with Crippen molar-refractivity contribution >= 4 is 5.57 Å². The third kappa shape index (κ3) is 2.30. The van der Waals surface area contributed by atoms with E-state index in [-0.39, 0.29) is 12.1 Å². The molecular formula is C17H21NO2. The summed E-state index contributed by atoms with van der Waals surface area (Å²) >= 11 is 0. The second kappa shape index (κ2) is 4.99. The summed E-state index contributed by atoms with van der Waals surface area (Å²) in [6, 6.07) is 10.9. The van der Waals surface area contributed by atoms with Gasteiger partial charge in [0.2, 0.25) is 0 Å². The first kappa shape index (κ1) is 12.6. The molecule has 0 spiro atoms. The highest BCUT2D eigenvalue weighted by molar-refractivity contribution is 5.66. The van der Waals surface area contributed by atoms with Crippen molar-refractivity contribution in [3.63, 3.8) is 0 Å². The predicted octanol–water partition coefficient (Wildman–Crippen LogP) is 2.07. The second-order valence-electron chi connectivity index (χ2n) is 6.16. The fourth-order valence-corrected chi connectivity index (χ4v) is 3.68. The molecule has 0 aromatic heterocycles. The van der Waals surface area contributed by atoms with Crippen LogP contribution in [0, 0.1) is 0 Å². The summed E-state index contributed by atoms with van der Waals surface area (Å²) in [6.07, 6.45) is 5.77. The topological polar surface area (TPSA) is 36.0 Å². The van der Waals surface area contributed by atoms with Gasteiger partial charge in [0.25, 0.3) is 0 Å². The predicted molar refractivity (Wildman–Crippen MR) is 78.3 cm³/mol. The van der Waals surface area contributed by atoms with Crippen LogP contribution < -0.4 is 0 Å². The van der Waals surface area contributed by atoms with Crippen molar-refractivity contribution in [3.05, 3.63) is 42.0 Å². The normalized spacial score (nSPS) is 37.1. The minimum absolute atomic E-state index is 0.217. The Hall–Kier alpha value is -1.16. The van der Waals surface area contributed by atoms with Crippen molar-refractivity contribution in [1.82, 2.24) is 4.90 Å². The van der Waals surface area contributed by atoms with E-state index in [9.17, 15) is 5.11 Å². The van der Waals surface area contributed by atoms with Crippen molar-refractivity contribution in [2.45, 2.75) is 43.6 Å². The van der Waals surface area contributed by atoms with Crippen LogP contribution in [0.5, 0.6) is 0 Å². The fraction of sp³-hybridized carbons (Fsp3) is 0.529. The maximum absolute atomic E-state index is 10.3. The highest BCUT2D eigenvalue weighted by Crippen LogP contribution is 2.39. The summed E-state index contributed by atoms with van der Waals surface area (Å²) in [5, 5.41) is 10.3. The molecule has 1 aromatic rings. The Balaban J connectivity index is 1.45. The molecule has 4 rings (SSSR count). The van der Waals surface area contributed by atoms with Gasteiger partial charge in [0.1, 0.15) is 0 Å². The van der Waals surface area contributed by atoms with Crippen LogP contribution in [0.1, 0.15) is 24.8 Å². The van der Waals surface area contributed by atoms with Crippen molar-refractivity contribution in [1.29, 1.82) is 0 Å². The molecule has 2 aliphatic heterocycles. The van der Waals surface area contributed by atoms with Gasteiger partial charge < -0.3 is 9.84 Å². The quantitative estimate of drug-likeness (QED) is 0.837. The maximum atomic E-state index is 10.3. The molecule has 1 N–H and O–H groups in total. The number of aliphatic hydroxyl groups excluding tert-OH is 1. The van der Waals surface area contributed by atoms with Crippen LogP contribution in [0.25, 0.3) is 5.57 Å². The monoisotopic (exact) mass is 271 g/mol. The van der Waals surface area contributed by atoms with Gasteiger partial charge in [0.05, 0.1) is 18.3 Å². The number of ether oxygens (including phenoxy) is 1. The summed E-state index contributed by atoms with van der Waals surface area (Å²) in [6.45, 7) is 1.99. The van der Waals surface area contributed by atoms with Gasteiger partial charge in [0, 0.05) is 25.6 Å². The molecule has 1 saturated heterocycles. The third-order valence-corrected chi connectivity index (χ3v) is 4.93. The standard InChI is InChI=1S/C17H21NO2/c19-15-11-17-16(20-17)10-14(15)18-8-6-13(7-9-18)12-4-2-1-3-5-12/h1-6,14-17,19H,7-11H2/t14-,15-,16+,17-/m1/s1. The van der Waals surface area contributed by atoms with Crippen molar-refractivity contribution in [2.75, 3.05) is 13.1 Å². The molecule has 3 heteroatoms. The first-order valence-electron chi connectivity index (χ1n) is 7.63. The maximum Gasteiger partial charge on any atom is 0.0867 e. The molecule has 0 bridgehead atoms. The van der Waals surface area contributed by atoms with Crippen LogP contribution in [0.2, 0.25) is 0 Å². The number of hydrogen-bond donors (Lipinski definition) is 1. The van der Waals surface area contributed by atoms with Gasteiger partial charge >= 0.3 is 0 Å². The minimum Gasteiger partial charge on any atom is -0.391 e. The Morgan fingerprint density at radius 2 is 1.90 bits per heavy atom. The Morgan fingerprint density at radius 1 is 1.10 bits per heavy atom. The second-order valence-corrected chi connectivity index (χ2v) is 6.16. The van der Waals surface area contributed by atoms with E-state index in [0.29, 0.717) is 12.2 Å². The summed E-state index contributed by atoms with van der Waals surface area (Å²) in [4.78, 5) is 2.43. The van der Waals surface area contributed by atoms with Gasteiger partial charge in [-0.1, -0.05) is 36.4 Å². The fourth-order valence-electron chi connectivity index (χ4n) is 3.68. The molecule has 0 radical (unpaired) electrons. The molecule has 20 heavy (non-hydrogen) atoms. The summed E-state index contributed by atoms with van der Waals surface area (Å²) in [5.41, 5.74) is 2.77. The van der Waals surface area contributed by atoms with E-state index in [1.807, 2.05) is 0 Å². The van der Waals surface area contributed by atoms with E-state index in [0.717, 1.165) is 32.4 Å². The molecule has 0 unspecified atom stereocenters. The van der Waals surface area contributed by atoms with E-state index in [4.69, 9.17) is 4.74 Å². The smallest absolute Gasteiger partial charge is 0.0867 e. The Kier molecular flexibility index (Phi) is 3.14. The van der Waals surface area contributed by atoms with Crippen molar-refractivity contribution in [2.24, 2.45) is 0 Å². The minimum atomic E-state index is -0.217. The molecule has 1 aliphatic carbocycles. The molecular weight excluding hydrogens is 250 g/mol. The molecule has 2 heterocycles. The van der Waals surface area contributed by atoms with Crippen LogP contribution in [0.3, 0.4) is 0 Å². The molecule has 3 nitrogen and oxygen atoms in total. The molecule has 2 fully saturated rings. The van der Waals surface area contributed by atoms with Crippen LogP contribution in [-0.2, 0) is 4.74 Å². The van der Waals surface area contributed by atoms with E-state index in [1.165, 1.54) is 11.1 Å². The highest BCUT2D eigenvalue weighted by atomic mass is 16.6. The Labute approximate surface area is 119 Å². The molecule has 1 aromatic carbocycles. The number of epoxide rings is 1. The first-order valence-corrected chi connectivity index (χ1v) is 7.63. The van der Waals surface area contributed by atoms with E-state index < -0.39 is 0 Å². The zero-order valence-electron chi connectivity index (χ0n) is 11.6. The van der Waals surface area contributed by atoms with Crippen LogP contribution >= 0.6 is 0 Å². The SMILES string of the molecule is O[C@@H]1C[C@H]2O[C@H]2C[C@H]1N1CC=C(c2ccccc2)CC1. The van der Waals surface area contributed by atoms with E-state index in [2.05, 4.69) is 41.3 Å². The van der Waals surface area contributed by atoms with Gasteiger partial charge in [-0.3, -0.25) is 4.90 Å². The lowest BCUT2D eigenvalue weighted by molar-refractivity contribution is 0.0336. The molecule has 0 amide bonds. The Bertz CT molecular complexity index is 513. The molecule has 106 valence electrons. The molecule has 1 saturated carbocycles. The highest BCUT2D eigenvalue weighted by Gasteiger charge is 2.49. The van der Waals surface area contributed by atoms with Crippen LogP contribution in [0.15, 0.2) is 36.4 Å². The number of fused-ring (bicyclic) bond motifs is 1. The lowest BCUT2D eigenvalue weighted by atomic mass is 9.89. The van der Waals surface area contributed by atoms with Crippen LogP contribution in [-0.4, -0.2) is 47.4 Å². The van der Waals surface area contributed by atoms with Crippen LogP contribution in [0.4, 0.5) is 0 Å². The number of aliphatic hydroxyl groups is 1. The summed E-state index contributed by atoms with van der Waals surface area (Å²) in [7, 11) is 0. The number of rotatable bonds is 2. The lowest BCUT2D eigenvalue weighted by Crippen LogP contribution is -2.48. The average Bonchev–Trinajstić information content (AvgIpc) is 3.25. The average molecular weight is 271 g/mol. The van der Waals surface area contributed by atoms with E-state index >= 15 is 0 Å². The van der Waals surface area contributed by atoms with Crippen molar-refractivity contribution < 1.29 is 9.84 Å². The number of benzene rings is 1. The third-order valence-electron chi connectivity index (χ3n) is 4.93. The largest absolute Gasteiger partial charge is 0.391 e. The van der Waals surface area contributed by atoms with Gasteiger partial charge in [-0.15, -0.1) is 0 Å². The summed E-state index contributed by atoms with van der Waals surface area (Å²) in [5.74, 6) is 0. The number of nitrogens with zero attached hydrogens (tertiary/aromatic N) is 1. The summed E-state index contributed by atoms with van der Waals surface area (Å²) < 4.78 is 5.56. The zero-order valence-corrected chi connectivity index (χ0v) is 11.6.